The van der Waals surface area contributed by atoms with Gasteiger partial charge in [-0.05, 0) is 23.3 Å². The fourth-order valence-corrected chi connectivity index (χ4v) is 1.57. The average molecular weight is 244 g/mol. The maximum atomic E-state index is 8.95. The van der Waals surface area contributed by atoms with Crippen LogP contribution in [0.15, 0.2) is 42.6 Å². The summed E-state index contributed by atoms with van der Waals surface area (Å²) in [5, 5.41) is 12.2. The number of anilines is 1. The number of hydrogen-bond acceptors (Lipinski definition) is 4. The van der Waals surface area contributed by atoms with Crippen molar-refractivity contribution in [1.82, 2.24) is 4.98 Å². The van der Waals surface area contributed by atoms with Crippen LogP contribution in [0.5, 0.6) is 5.88 Å². The van der Waals surface area contributed by atoms with Gasteiger partial charge in [0.2, 0.25) is 5.88 Å². The van der Waals surface area contributed by atoms with E-state index in [-0.39, 0.29) is 6.61 Å². The van der Waals surface area contributed by atoms with Gasteiger partial charge in [-0.25, -0.2) is 4.98 Å². The van der Waals surface area contributed by atoms with Crippen molar-refractivity contribution in [2.75, 3.05) is 12.4 Å². The Labute approximate surface area is 106 Å². The third-order valence-corrected chi connectivity index (χ3v) is 2.64. The first kappa shape index (κ1) is 12.4. The van der Waals surface area contributed by atoms with E-state index in [4.69, 9.17) is 9.84 Å². The van der Waals surface area contributed by atoms with Crippen molar-refractivity contribution >= 4 is 5.69 Å². The van der Waals surface area contributed by atoms with E-state index in [0.717, 1.165) is 16.8 Å². The van der Waals surface area contributed by atoms with E-state index < -0.39 is 0 Å². The molecule has 2 aromatic rings. The number of ether oxygens (including phenoxy) is 1. The van der Waals surface area contributed by atoms with Crippen molar-refractivity contribution in [3.05, 3.63) is 53.7 Å². The Bertz CT molecular complexity index is 433. The van der Waals surface area contributed by atoms with Crippen LogP contribution in [0.3, 0.4) is 0 Å². The van der Waals surface area contributed by atoms with Gasteiger partial charge in [0, 0.05) is 24.5 Å². The number of aliphatic hydroxyl groups excluding tert-OH is 1. The van der Waals surface area contributed by atoms with Crippen molar-refractivity contribution in [1.29, 1.82) is 0 Å². The fraction of sp³-hybridized carbons (Fsp3) is 0.214. The summed E-state index contributed by atoms with van der Waals surface area (Å²) in [7, 11) is 1.60. The highest BCUT2D eigenvalue weighted by molar-refractivity contribution is 5.45. The molecule has 0 unspecified atom stereocenters. The van der Waals surface area contributed by atoms with Gasteiger partial charge in [0.25, 0.3) is 0 Å². The summed E-state index contributed by atoms with van der Waals surface area (Å²) in [5.41, 5.74) is 3.01. The van der Waals surface area contributed by atoms with Gasteiger partial charge in [-0.15, -0.1) is 0 Å². The van der Waals surface area contributed by atoms with Crippen LogP contribution >= 0.6 is 0 Å². The molecule has 0 bridgehead atoms. The first-order valence-corrected chi connectivity index (χ1v) is 5.74. The first-order chi connectivity index (χ1) is 8.81. The molecule has 2 N–H and O–H groups in total. The third kappa shape index (κ3) is 3.21. The zero-order chi connectivity index (χ0) is 12.8. The van der Waals surface area contributed by atoms with E-state index in [2.05, 4.69) is 10.3 Å². The molecule has 18 heavy (non-hydrogen) atoms. The highest BCUT2D eigenvalue weighted by atomic mass is 16.5. The van der Waals surface area contributed by atoms with Crippen LogP contribution in [-0.4, -0.2) is 17.2 Å². The molecule has 1 aromatic heterocycles. The van der Waals surface area contributed by atoms with Gasteiger partial charge >= 0.3 is 0 Å². The van der Waals surface area contributed by atoms with Gasteiger partial charge in [-0.2, -0.15) is 0 Å². The normalized spacial score (nSPS) is 10.1. The summed E-state index contributed by atoms with van der Waals surface area (Å²) in [6.45, 7) is 0.776. The Balaban J connectivity index is 1.93. The lowest BCUT2D eigenvalue weighted by atomic mass is 10.2. The largest absolute Gasteiger partial charge is 0.481 e. The standard InChI is InChI=1S/C14H16N2O2/c1-18-14-7-4-12(9-16-14)8-15-13-5-2-11(10-17)3-6-13/h2-7,9,15,17H,8,10H2,1H3. The number of rotatable bonds is 5. The molecule has 0 amide bonds. The quantitative estimate of drug-likeness (QED) is 0.846. The van der Waals surface area contributed by atoms with Crippen LogP contribution in [0.25, 0.3) is 0 Å². The number of nitrogens with zero attached hydrogens (tertiary/aromatic N) is 1. The van der Waals surface area contributed by atoms with Crippen molar-refractivity contribution in [2.24, 2.45) is 0 Å². The van der Waals surface area contributed by atoms with Gasteiger partial charge in [-0.3, -0.25) is 0 Å². The minimum Gasteiger partial charge on any atom is -0.481 e. The fourth-order valence-electron chi connectivity index (χ4n) is 1.57. The van der Waals surface area contributed by atoms with Crippen molar-refractivity contribution in [3.8, 4) is 5.88 Å². The van der Waals surface area contributed by atoms with E-state index >= 15 is 0 Å². The molecule has 0 aliphatic rings. The first-order valence-electron chi connectivity index (χ1n) is 5.74. The zero-order valence-electron chi connectivity index (χ0n) is 10.3. The van der Waals surface area contributed by atoms with E-state index in [1.807, 2.05) is 36.4 Å². The topological polar surface area (TPSA) is 54.4 Å². The van der Waals surface area contributed by atoms with Gasteiger partial charge < -0.3 is 15.2 Å². The highest BCUT2D eigenvalue weighted by Crippen LogP contribution is 2.12. The molecule has 1 aromatic carbocycles. The molecular formula is C14H16N2O2. The van der Waals surface area contributed by atoms with E-state index in [0.29, 0.717) is 12.4 Å². The van der Waals surface area contributed by atoms with E-state index in [1.54, 1.807) is 13.3 Å². The molecule has 0 fully saturated rings. The second-order valence-electron chi connectivity index (χ2n) is 3.92. The lowest BCUT2D eigenvalue weighted by molar-refractivity contribution is 0.282. The Hall–Kier alpha value is -2.07. The predicted molar refractivity (Wildman–Crippen MR) is 70.5 cm³/mol. The molecule has 0 spiro atoms. The molecule has 0 saturated carbocycles. The SMILES string of the molecule is COc1ccc(CNc2ccc(CO)cc2)cn1. The number of aromatic nitrogens is 1. The monoisotopic (exact) mass is 244 g/mol. The number of nitrogens with one attached hydrogen (secondary N) is 1. The number of methoxy groups -OCH3 is 1. The number of hydrogen-bond donors (Lipinski definition) is 2. The van der Waals surface area contributed by atoms with Gasteiger partial charge in [0.15, 0.2) is 0 Å². The Kier molecular flexibility index (Phi) is 4.15. The molecule has 1 heterocycles. The molecule has 0 atom stereocenters. The maximum Gasteiger partial charge on any atom is 0.212 e. The number of benzene rings is 1. The Morgan fingerprint density at radius 2 is 1.83 bits per heavy atom. The molecule has 4 nitrogen and oxygen atoms in total. The van der Waals surface area contributed by atoms with E-state index in [9.17, 15) is 0 Å². The van der Waals surface area contributed by atoms with Crippen LogP contribution in [-0.2, 0) is 13.2 Å². The van der Waals surface area contributed by atoms with Crippen LogP contribution in [0.4, 0.5) is 5.69 Å². The van der Waals surface area contributed by atoms with Crippen LogP contribution < -0.4 is 10.1 Å². The van der Waals surface area contributed by atoms with Crippen LogP contribution in [0, 0.1) is 0 Å². The summed E-state index contributed by atoms with van der Waals surface area (Å²) in [5.74, 6) is 0.617. The molecule has 0 radical (unpaired) electrons. The average Bonchev–Trinajstić information content (AvgIpc) is 2.46. The van der Waals surface area contributed by atoms with Crippen molar-refractivity contribution < 1.29 is 9.84 Å². The van der Waals surface area contributed by atoms with Gasteiger partial charge in [0.05, 0.1) is 13.7 Å². The highest BCUT2D eigenvalue weighted by Gasteiger charge is 1.97. The summed E-state index contributed by atoms with van der Waals surface area (Å²) in [6.07, 6.45) is 1.79. The summed E-state index contributed by atoms with van der Waals surface area (Å²) < 4.78 is 5.00. The second kappa shape index (κ2) is 6.02. The van der Waals surface area contributed by atoms with Crippen molar-refractivity contribution in [2.45, 2.75) is 13.2 Å². The third-order valence-electron chi connectivity index (χ3n) is 2.64. The molecule has 94 valence electrons. The van der Waals surface area contributed by atoms with Crippen LogP contribution in [0.1, 0.15) is 11.1 Å². The minimum atomic E-state index is 0.0721. The molecule has 0 aliphatic heterocycles. The Morgan fingerprint density at radius 1 is 1.11 bits per heavy atom. The van der Waals surface area contributed by atoms with Gasteiger partial charge in [0.1, 0.15) is 0 Å². The molecule has 2 rings (SSSR count). The molecule has 0 aliphatic carbocycles. The minimum absolute atomic E-state index is 0.0721. The predicted octanol–water partition coefficient (Wildman–Crippen LogP) is 2.19. The second-order valence-corrected chi connectivity index (χ2v) is 3.92. The summed E-state index contributed by atoms with van der Waals surface area (Å²) >= 11 is 0. The summed E-state index contributed by atoms with van der Waals surface area (Å²) in [4.78, 5) is 4.14. The van der Waals surface area contributed by atoms with Crippen molar-refractivity contribution in [3.63, 3.8) is 0 Å². The zero-order valence-corrected chi connectivity index (χ0v) is 10.3. The van der Waals surface area contributed by atoms with Gasteiger partial charge in [-0.1, -0.05) is 18.2 Å². The lowest BCUT2D eigenvalue weighted by Gasteiger charge is -2.07. The smallest absolute Gasteiger partial charge is 0.212 e. The van der Waals surface area contributed by atoms with E-state index in [1.165, 1.54) is 0 Å². The molecule has 0 saturated heterocycles. The maximum absolute atomic E-state index is 8.95. The Morgan fingerprint density at radius 3 is 2.39 bits per heavy atom. The lowest BCUT2D eigenvalue weighted by Crippen LogP contribution is -2.00. The number of aliphatic hydroxyl groups is 1. The summed E-state index contributed by atoms with van der Waals surface area (Å²) in [6, 6.07) is 11.5. The number of pyridine rings is 1. The molecular weight excluding hydrogens is 228 g/mol. The van der Waals surface area contributed by atoms with Crippen LogP contribution in [0.2, 0.25) is 0 Å². The molecule has 4 heteroatoms.